The molecule has 0 saturated carbocycles. The van der Waals surface area contributed by atoms with Crippen molar-refractivity contribution in [2.45, 2.75) is 44.2 Å². The molecule has 0 aliphatic carbocycles. The standard InChI is InChI=1S/C19H29FN4O.ClH/c1-24(19(25)15-12-21-13-15)10-4-2-3-5-17-11-18(23-22-17)14-6-8-16(20)9-7-14;/h6-9,15,17-18,21-23H,2-5,10-13H2,1H3;1H. The van der Waals surface area contributed by atoms with Crippen molar-refractivity contribution in [3.8, 4) is 0 Å². The van der Waals surface area contributed by atoms with Crippen molar-refractivity contribution in [1.82, 2.24) is 21.1 Å². The molecule has 1 amide bonds. The number of hydrogen-bond acceptors (Lipinski definition) is 4. The Morgan fingerprint density at radius 2 is 1.88 bits per heavy atom. The van der Waals surface area contributed by atoms with Crippen LogP contribution in [0.15, 0.2) is 24.3 Å². The summed E-state index contributed by atoms with van der Waals surface area (Å²) in [5.41, 5.74) is 7.79. The Morgan fingerprint density at radius 1 is 1.15 bits per heavy atom. The van der Waals surface area contributed by atoms with Crippen molar-refractivity contribution >= 4 is 18.3 Å². The number of halogens is 2. The highest BCUT2D eigenvalue weighted by Gasteiger charge is 2.27. The number of benzene rings is 1. The summed E-state index contributed by atoms with van der Waals surface area (Å²) in [5, 5.41) is 3.14. The van der Waals surface area contributed by atoms with E-state index in [-0.39, 0.29) is 36.1 Å². The highest BCUT2D eigenvalue weighted by molar-refractivity contribution is 5.85. The first-order valence-electron chi connectivity index (χ1n) is 9.35. The largest absolute Gasteiger partial charge is 0.345 e. The van der Waals surface area contributed by atoms with Crippen LogP contribution in [0, 0.1) is 11.7 Å². The molecule has 2 atom stereocenters. The fourth-order valence-corrected chi connectivity index (χ4v) is 3.53. The molecule has 7 heteroatoms. The van der Waals surface area contributed by atoms with E-state index in [2.05, 4.69) is 16.2 Å². The number of nitrogens with zero attached hydrogens (tertiary/aromatic N) is 1. The third-order valence-corrected chi connectivity index (χ3v) is 5.31. The van der Waals surface area contributed by atoms with Crippen LogP contribution < -0.4 is 16.2 Å². The molecule has 2 saturated heterocycles. The number of amides is 1. The number of carbonyl (C=O) groups is 1. The Morgan fingerprint density at radius 3 is 2.54 bits per heavy atom. The number of nitrogens with one attached hydrogen (secondary N) is 3. The molecule has 3 rings (SSSR count). The number of rotatable bonds is 8. The number of hydrazine groups is 1. The molecule has 0 bridgehead atoms. The molecule has 1 aromatic rings. The Bertz CT molecular complexity index is 567. The van der Waals surface area contributed by atoms with E-state index >= 15 is 0 Å². The highest BCUT2D eigenvalue weighted by Crippen LogP contribution is 2.24. The van der Waals surface area contributed by atoms with E-state index in [0.717, 1.165) is 57.3 Å². The highest BCUT2D eigenvalue weighted by atomic mass is 35.5. The number of hydrogen-bond donors (Lipinski definition) is 3. The van der Waals surface area contributed by atoms with Gasteiger partial charge in [-0.05, 0) is 37.0 Å². The van der Waals surface area contributed by atoms with Crippen LogP contribution in [-0.2, 0) is 4.79 Å². The number of unbranched alkanes of at least 4 members (excludes halogenated alkanes) is 2. The van der Waals surface area contributed by atoms with Crippen LogP contribution in [0.5, 0.6) is 0 Å². The van der Waals surface area contributed by atoms with Crippen LogP contribution in [0.3, 0.4) is 0 Å². The van der Waals surface area contributed by atoms with Crippen LogP contribution in [0.25, 0.3) is 0 Å². The molecular weight excluding hydrogens is 355 g/mol. The summed E-state index contributed by atoms with van der Waals surface area (Å²) in [6, 6.07) is 7.44. The van der Waals surface area contributed by atoms with E-state index in [4.69, 9.17) is 0 Å². The van der Waals surface area contributed by atoms with Gasteiger partial charge in [-0.15, -0.1) is 12.4 Å². The van der Waals surface area contributed by atoms with E-state index < -0.39 is 0 Å². The van der Waals surface area contributed by atoms with Crippen molar-refractivity contribution in [2.24, 2.45) is 5.92 Å². The Kier molecular flexibility index (Phi) is 8.28. The van der Waals surface area contributed by atoms with Gasteiger partial charge in [-0.1, -0.05) is 25.0 Å². The predicted molar refractivity (Wildman–Crippen MR) is 104 cm³/mol. The fourth-order valence-electron chi connectivity index (χ4n) is 3.53. The van der Waals surface area contributed by atoms with Crippen LogP contribution in [0.2, 0.25) is 0 Å². The second-order valence-corrected chi connectivity index (χ2v) is 7.29. The predicted octanol–water partition coefficient (Wildman–Crippen LogP) is 2.39. The molecular formula is C19H30ClFN4O. The maximum atomic E-state index is 13.0. The molecule has 5 nitrogen and oxygen atoms in total. The normalized spacial score (nSPS) is 22.5. The molecule has 146 valence electrons. The van der Waals surface area contributed by atoms with Gasteiger partial charge < -0.3 is 10.2 Å². The molecule has 2 heterocycles. The van der Waals surface area contributed by atoms with Gasteiger partial charge in [-0.25, -0.2) is 4.39 Å². The summed E-state index contributed by atoms with van der Waals surface area (Å²) < 4.78 is 13.0. The lowest BCUT2D eigenvalue weighted by Crippen LogP contribution is -2.51. The van der Waals surface area contributed by atoms with Gasteiger partial charge in [0.1, 0.15) is 5.82 Å². The molecule has 3 N–H and O–H groups in total. The minimum Gasteiger partial charge on any atom is -0.345 e. The van der Waals surface area contributed by atoms with Gasteiger partial charge in [0.25, 0.3) is 0 Å². The maximum absolute atomic E-state index is 13.0. The van der Waals surface area contributed by atoms with E-state index in [1.54, 1.807) is 0 Å². The average molecular weight is 385 g/mol. The maximum Gasteiger partial charge on any atom is 0.227 e. The molecule has 2 aliphatic heterocycles. The van der Waals surface area contributed by atoms with Crippen LogP contribution in [0.1, 0.15) is 43.7 Å². The third-order valence-electron chi connectivity index (χ3n) is 5.31. The molecule has 0 spiro atoms. The topological polar surface area (TPSA) is 56.4 Å². The van der Waals surface area contributed by atoms with E-state index in [0.29, 0.717) is 6.04 Å². The average Bonchev–Trinajstić information content (AvgIpc) is 3.02. The van der Waals surface area contributed by atoms with Gasteiger partial charge in [-0.2, -0.15) is 0 Å². The summed E-state index contributed by atoms with van der Waals surface area (Å²) in [5.74, 6) is 0.285. The van der Waals surface area contributed by atoms with Crippen LogP contribution >= 0.6 is 12.4 Å². The third kappa shape index (κ3) is 5.64. The lowest BCUT2D eigenvalue weighted by atomic mass is 9.98. The molecule has 2 unspecified atom stereocenters. The molecule has 26 heavy (non-hydrogen) atoms. The summed E-state index contributed by atoms with van der Waals surface area (Å²) in [7, 11) is 1.91. The van der Waals surface area contributed by atoms with E-state index in [1.807, 2.05) is 24.1 Å². The second kappa shape index (κ2) is 10.2. The quantitative estimate of drug-likeness (QED) is 0.602. The Labute approximate surface area is 161 Å². The number of carbonyl (C=O) groups excluding carboxylic acids is 1. The van der Waals surface area contributed by atoms with Crippen molar-refractivity contribution in [3.63, 3.8) is 0 Å². The minimum atomic E-state index is -0.191. The summed E-state index contributed by atoms with van der Waals surface area (Å²) in [4.78, 5) is 13.9. The van der Waals surface area contributed by atoms with Crippen LogP contribution in [-0.4, -0.2) is 43.5 Å². The van der Waals surface area contributed by atoms with Gasteiger partial charge in [0, 0.05) is 38.8 Å². The first-order valence-corrected chi connectivity index (χ1v) is 9.35. The summed E-state index contributed by atoms with van der Waals surface area (Å²) >= 11 is 0. The molecule has 0 radical (unpaired) electrons. The first-order chi connectivity index (χ1) is 12.1. The zero-order valence-electron chi connectivity index (χ0n) is 15.3. The lowest BCUT2D eigenvalue weighted by molar-refractivity contribution is -0.135. The van der Waals surface area contributed by atoms with Crippen LogP contribution in [0.4, 0.5) is 4.39 Å². The molecule has 2 fully saturated rings. The second-order valence-electron chi connectivity index (χ2n) is 7.29. The first kappa shape index (κ1) is 21.1. The molecule has 1 aromatic carbocycles. The van der Waals surface area contributed by atoms with Gasteiger partial charge in [-0.3, -0.25) is 15.6 Å². The molecule has 0 aromatic heterocycles. The fraction of sp³-hybridized carbons (Fsp3) is 0.632. The zero-order valence-corrected chi connectivity index (χ0v) is 16.2. The van der Waals surface area contributed by atoms with Gasteiger partial charge in [0.2, 0.25) is 5.91 Å². The van der Waals surface area contributed by atoms with Gasteiger partial charge in [0.05, 0.1) is 5.92 Å². The molecule has 2 aliphatic rings. The van der Waals surface area contributed by atoms with E-state index in [9.17, 15) is 9.18 Å². The van der Waals surface area contributed by atoms with Gasteiger partial charge in [0.15, 0.2) is 0 Å². The van der Waals surface area contributed by atoms with Gasteiger partial charge >= 0.3 is 0 Å². The summed E-state index contributed by atoms with van der Waals surface area (Å²) in [6.45, 7) is 2.52. The van der Waals surface area contributed by atoms with Crippen molar-refractivity contribution in [1.29, 1.82) is 0 Å². The smallest absolute Gasteiger partial charge is 0.227 e. The lowest BCUT2D eigenvalue weighted by Gasteiger charge is -2.30. The minimum absolute atomic E-state index is 0. The SMILES string of the molecule is CN(CCCCCC1CC(c2ccc(F)cc2)NN1)C(=O)C1CNC1.Cl. The van der Waals surface area contributed by atoms with E-state index in [1.165, 1.54) is 12.1 Å². The summed E-state index contributed by atoms with van der Waals surface area (Å²) in [6.07, 6.45) is 5.50. The zero-order chi connectivity index (χ0) is 17.6. The van der Waals surface area contributed by atoms with Crippen molar-refractivity contribution in [3.05, 3.63) is 35.6 Å². The van der Waals surface area contributed by atoms with Crippen molar-refractivity contribution < 1.29 is 9.18 Å². The monoisotopic (exact) mass is 384 g/mol. The Hall–Kier alpha value is -1.21. The Balaban J connectivity index is 0.00000243. The van der Waals surface area contributed by atoms with Crippen molar-refractivity contribution in [2.75, 3.05) is 26.7 Å².